The molecule has 0 radical (unpaired) electrons. The first-order valence-corrected chi connectivity index (χ1v) is 5.66. The predicted molar refractivity (Wildman–Crippen MR) is 70.9 cm³/mol. The van der Waals surface area contributed by atoms with Crippen molar-refractivity contribution >= 4 is 11.4 Å². The zero-order chi connectivity index (χ0) is 12.4. The lowest BCUT2D eigenvalue weighted by Crippen LogP contribution is -2.05. The Morgan fingerprint density at radius 2 is 2.12 bits per heavy atom. The number of nitrogens with two attached hydrogens (primary N) is 1. The summed E-state index contributed by atoms with van der Waals surface area (Å²) in [6.45, 7) is 4.86. The number of hydrogen-bond acceptors (Lipinski definition) is 3. The van der Waals surface area contributed by atoms with E-state index in [4.69, 9.17) is 5.73 Å². The molecule has 17 heavy (non-hydrogen) atoms. The highest BCUT2D eigenvalue weighted by atomic mass is 15.3. The van der Waals surface area contributed by atoms with Gasteiger partial charge in [-0.1, -0.05) is 12.1 Å². The van der Waals surface area contributed by atoms with Crippen LogP contribution in [0.15, 0.2) is 24.4 Å². The molecule has 0 aliphatic heterocycles. The molecule has 0 spiro atoms. The van der Waals surface area contributed by atoms with Crippen molar-refractivity contribution in [2.24, 2.45) is 7.05 Å². The molecule has 4 nitrogen and oxygen atoms in total. The van der Waals surface area contributed by atoms with E-state index in [1.165, 1.54) is 11.3 Å². The van der Waals surface area contributed by atoms with E-state index in [2.05, 4.69) is 30.3 Å². The number of para-hydroxylation sites is 1. The maximum absolute atomic E-state index is 5.95. The molecule has 3 N–H and O–H groups in total. The van der Waals surface area contributed by atoms with Gasteiger partial charge in [0.2, 0.25) is 0 Å². The molecule has 1 aromatic carbocycles. The average Bonchev–Trinajstić information content (AvgIpc) is 2.60. The van der Waals surface area contributed by atoms with Crippen molar-refractivity contribution < 1.29 is 0 Å². The predicted octanol–water partition coefficient (Wildman–Crippen LogP) is 2.23. The minimum atomic E-state index is 0.745. The van der Waals surface area contributed by atoms with Gasteiger partial charge in [0.15, 0.2) is 0 Å². The van der Waals surface area contributed by atoms with Gasteiger partial charge in [-0.25, -0.2) is 0 Å². The van der Waals surface area contributed by atoms with E-state index in [0.29, 0.717) is 0 Å². The van der Waals surface area contributed by atoms with Crippen molar-refractivity contribution in [2.75, 3.05) is 11.1 Å². The molecule has 0 aliphatic carbocycles. The maximum Gasteiger partial charge on any atom is 0.0606 e. The molecule has 90 valence electrons. The third-order valence-corrected chi connectivity index (χ3v) is 3.10. The lowest BCUT2D eigenvalue weighted by Gasteiger charge is -2.11. The number of nitrogens with zero attached hydrogens (tertiary/aromatic N) is 2. The molecule has 0 unspecified atom stereocenters. The zero-order valence-electron chi connectivity index (χ0n) is 10.5. The second kappa shape index (κ2) is 4.49. The summed E-state index contributed by atoms with van der Waals surface area (Å²) in [4.78, 5) is 0. The van der Waals surface area contributed by atoms with Gasteiger partial charge in [-0.3, -0.25) is 4.68 Å². The van der Waals surface area contributed by atoms with E-state index in [1.807, 2.05) is 30.1 Å². The molecule has 0 saturated carbocycles. The monoisotopic (exact) mass is 230 g/mol. The van der Waals surface area contributed by atoms with Gasteiger partial charge in [0.25, 0.3) is 0 Å². The van der Waals surface area contributed by atoms with Crippen LogP contribution in [-0.4, -0.2) is 9.78 Å². The molecule has 0 amide bonds. The highest BCUT2D eigenvalue weighted by molar-refractivity contribution is 5.69. The van der Waals surface area contributed by atoms with E-state index in [1.54, 1.807) is 0 Å². The van der Waals surface area contributed by atoms with Gasteiger partial charge in [0.05, 0.1) is 17.6 Å². The number of aryl methyl sites for hydroxylation is 2. The van der Waals surface area contributed by atoms with E-state index in [0.717, 1.165) is 23.5 Å². The first-order chi connectivity index (χ1) is 8.09. The summed E-state index contributed by atoms with van der Waals surface area (Å²) in [5.41, 5.74) is 11.3. The van der Waals surface area contributed by atoms with Crippen molar-refractivity contribution in [2.45, 2.75) is 20.4 Å². The van der Waals surface area contributed by atoms with Crippen LogP contribution in [0.2, 0.25) is 0 Å². The summed E-state index contributed by atoms with van der Waals surface area (Å²) >= 11 is 0. The first-order valence-electron chi connectivity index (χ1n) is 5.66. The van der Waals surface area contributed by atoms with Gasteiger partial charge in [0, 0.05) is 24.8 Å². The lowest BCUT2D eigenvalue weighted by molar-refractivity contribution is 0.738. The Labute approximate surface area is 101 Å². The summed E-state index contributed by atoms with van der Waals surface area (Å²) in [6, 6.07) is 5.92. The molecule has 2 aromatic rings. The van der Waals surface area contributed by atoms with Crippen molar-refractivity contribution in [3.05, 3.63) is 41.2 Å². The van der Waals surface area contributed by atoms with E-state index >= 15 is 0 Å². The van der Waals surface area contributed by atoms with Crippen molar-refractivity contribution in [3.8, 4) is 0 Å². The van der Waals surface area contributed by atoms with Crippen LogP contribution in [0.25, 0.3) is 0 Å². The van der Waals surface area contributed by atoms with Gasteiger partial charge >= 0.3 is 0 Å². The molecule has 1 heterocycles. The molecular formula is C13H18N4. The van der Waals surface area contributed by atoms with Crippen LogP contribution in [0.5, 0.6) is 0 Å². The van der Waals surface area contributed by atoms with Crippen LogP contribution in [-0.2, 0) is 13.6 Å². The van der Waals surface area contributed by atoms with Crippen LogP contribution in [0.1, 0.15) is 16.8 Å². The number of nitrogen functional groups attached to an aromatic ring is 1. The van der Waals surface area contributed by atoms with Gasteiger partial charge in [0.1, 0.15) is 0 Å². The van der Waals surface area contributed by atoms with Crippen LogP contribution in [0.3, 0.4) is 0 Å². The van der Waals surface area contributed by atoms with E-state index < -0.39 is 0 Å². The quantitative estimate of drug-likeness (QED) is 0.795. The van der Waals surface area contributed by atoms with Crippen molar-refractivity contribution in [3.63, 3.8) is 0 Å². The number of nitrogens with one attached hydrogen (secondary N) is 1. The fraction of sp³-hybridized carbons (Fsp3) is 0.308. The van der Waals surface area contributed by atoms with Crippen LogP contribution in [0, 0.1) is 13.8 Å². The Kier molecular flexibility index (Phi) is 3.04. The standard InChI is InChI=1S/C13H18N4/c1-9-5-4-6-12(14)13(9)15-7-11-8-16-17(3)10(11)2/h4-6,8,15H,7,14H2,1-3H3. The van der Waals surface area contributed by atoms with Gasteiger partial charge in [-0.05, 0) is 25.5 Å². The van der Waals surface area contributed by atoms with Crippen molar-refractivity contribution in [1.82, 2.24) is 9.78 Å². The highest BCUT2D eigenvalue weighted by Gasteiger charge is 2.06. The largest absolute Gasteiger partial charge is 0.397 e. The molecule has 0 aliphatic rings. The highest BCUT2D eigenvalue weighted by Crippen LogP contribution is 2.23. The molecule has 4 heteroatoms. The Balaban J connectivity index is 2.15. The summed E-state index contributed by atoms with van der Waals surface area (Å²) < 4.78 is 1.87. The summed E-state index contributed by atoms with van der Waals surface area (Å²) in [5, 5.41) is 7.59. The van der Waals surface area contributed by atoms with Crippen LogP contribution < -0.4 is 11.1 Å². The average molecular weight is 230 g/mol. The third kappa shape index (κ3) is 2.25. The molecule has 0 fully saturated rings. The van der Waals surface area contributed by atoms with Gasteiger partial charge in [-0.15, -0.1) is 0 Å². The molecule has 0 atom stereocenters. The molecule has 0 saturated heterocycles. The number of anilines is 2. The molecule has 1 aromatic heterocycles. The topological polar surface area (TPSA) is 55.9 Å². The fourth-order valence-corrected chi connectivity index (χ4v) is 1.83. The maximum atomic E-state index is 5.95. The second-order valence-electron chi connectivity index (χ2n) is 4.27. The normalized spacial score (nSPS) is 10.5. The van der Waals surface area contributed by atoms with Gasteiger partial charge < -0.3 is 11.1 Å². The molecule has 0 bridgehead atoms. The first kappa shape index (κ1) is 11.5. The Hall–Kier alpha value is -1.97. The fourth-order valence-electron chi connectivity index (χ4n) is 1.83. The molecule has 2 rings (SSSR count). The minimum absolute atomic E-state index is 0.745. The minimum Gasteiger partial charge on any atom is -0.397 e. The van der Waals surface area contributed by atoms with E-state index in [9.17, 15) is 0 Å². The lowest BCUT2D eigenvalue weighted by atomic mass is 10.1. The van der Waals surface area contributed by atoms with E-state index in [-0.39, 0.29) is 0 Å². The van der Waals surface area contributed by atoms with Crippen LogP contribution in [0.4, 0.5) is 11.4 Å². The summed E-state index contributed by atoms with van der Waals surface area (Å²) in [6.07, 6.45) is 1.89. The summed E-state index contributed by atoms with van der Waals surface area (Å²) in [5.74, 6) is 0. The van der Waals surface area contributed by atoms with Crippen LogP contribution >= 0.6 is 0 Å². The number of aromatic nitrogens is 2. The Morgan fingerprint density at radius 1 is 1.35 bits per heavy atom. The third-order valence-electron chi connectivity index (χ3n) is 3.10. The Morgan fingerprint density at radius 3 is 2.71 bits per heavy atom. The van der Waals surface area contributed by atoms with Gasteiger partial charge in [-0.2, -0.15) is 5.10 Å². The number of hydrogen-bond donors (Lipinski definition) is 2. The second-order valence-corrected chi connectivity index (χ2v) is 4.27. The SMILES string of the molecule is Cc1cccc(N)c1NCc1cnn(C)c1C. The summed E-state index contributed by atoms with van der Waals surface area (Å²) in [7, 11) is 1.95. The van der Waals surface area contributed by atoms with Crippen molar-refractivity contribution in [1.29, 1.82) is 0 Å². The zero-order valence-corrected chi connectivity index (χ0v) is 10.5. The number of rotatable bonds is 3. The number of benzene rings is 1. The molecular weight excluding hydrogens is 212 g/mol. The Bertz CT molecular complexity index is 508. The smallest absolute Gasteiger partial charge is 0.0606 e.